The lowest BCUT2D eigenvalue weighted by molar-refractivity contribution is -0.199. The number of rotatable bonds is 4. The Bertz CT molecular complexity index is 527. The van der Waals surface area contributed by atoms with Crippen molar-refractivity contribution in [2.75, 3.05) is 33.4 Å². The molecule has 2 heterocycles. The van der Waals surface area contributed by atoms with Crippen molar-refractivity contribution in [1.29, 1.82) is 0 Å². The molecule has 2 aliphatic heterocycles. The van der Waals surface area contributed by atoms with Gasteiger partial charge >= 0.3 is 0 Å². The van der Waals surface area contributed by atoms with Gasteiger partial charge in [0.1, 0.15) is 17.2 Å². The molecule has 5 nitrogen and oxygen atoms in total. The summed E-state index contributed by atoms with van der Waals surface area (Å²) in [4.78, 5) is 13.8. The molecule has 2 saturated heterocycles. The monoisotopic (exact) mass is 309 g/mol. The fraction of sp³-hybridized carbons (Fsp3) is 0.562. The maximum absolute atomic E-state index is 12.8. The minimum absolute atomic E-state index is 0.0462. The molecule has 6 heteroatoms. The van der Waals surface area contributed by atoms with Crippen LogP contribution >= 0.6 is 0 Å². The lowest BCUT2D eigenvalue weighted by Gasteiger charge is -2.52. The lowest BCUT2D eigenvalue weighted by Crippen LogP contribution is -2.67. The summed E-state index contributed by atoms with van der Waals surface area (Å²) in [6.07, 6.45) is 1.94. The summed E-state index contributed by atoms with van der Waals surface area (Å²) in [5, 5.41) is 0. The predicted molar refractivity (Wildman–Crippen MR) is 77.2 cm³/mol. The zero-order chi connectivity index (χ0) is 15.6. The number of benzene rings is 1. The highest BCUT2D eigenvalue weighted by molar-refractivity contribution is 5.79. The molecule has 0 aromatic heterocycles. The van der Waals surface area contributed by atoms with Gasteiger partial charge in [-0.05, 0) is 30.7 Å². The number of hydrogen-bond donors (Lipinski definition) is 0. The molecule has 1 aromatic carbocycles. The zero-order valence-corrected chi connectivity index (χ0v) is 12.6. The van der Waals surface area contributed by atoms with E-state index in [0.717, 1.165) is 12.8 Å². The largest absolute Gasteiger partial charge is 0.484 e. The van der Waals surface area contributed by atoms with E-state index in [0.29, 0.717) is 25.4 Å². The van der Waals surface area contributed by atoms with Crippen LogP contribution in [0.4, 0.5) is 4.39 Å². The van der Waals surface area contributed by atoms with E-state index in [-0.39, 0.29) is 30.0 Å². The van der Waals surface area contributed by atoms with E-state index in [9.17, 15) is 9.18 Å². The zero-order valence-electron chi connectivity index (χ0n) is 12.6. The van der Waals surface area contributed by atoms with Crippen molar-refractivity contribution in [2.45, 2.75) is 24.5 Å². The number of amides is 1. The van der Waals surface area contributed by atoms with Gasteiger partial charge in [0.15, 0.2) is 6.61 Å². The number of halogens is 1. The number of ether oxygens (including phenoxy) is 3. The Balaban J connectivity index is 1.46. The molecule has 2 fully saturated rings. The molecule has 1 atom stereocenters. The van der Waals surface area contributed by atoms with Crippen molar-refractivity contribution >= 4 is 5.91 Å². The SMILES string of the molecule is COC1CCOC2(C1)CN(C(=O)COc1ccc(F)cc1)C2. The molecular weight excluding hydrogens is 289 g/mol. The maximum atomic E-state index is 12.8. The van der Waals surface area contributed by atoms with Crippen LogP contribution in [0.2, 0.25) is 0 Å². The van der Waals surface area contributed by atoms with Gasteiger partial charge in [-0.15, -0.1) is 0 Å². The van der Waals surface area contributed by atoms with Crippen LogP contribution in [0.15, 0.2) is 24.3 Å². The topological polar surface area (TPSA) is 48.0 Å². The Morgan fingerprint density at radius 3 is 2.82 bits per heavy atom. The summed E-state index contributed by atoms with van der Waals surface area (Å²) in [6, 6.07) is 5.62. The Hall–Kier alpha value is -1.66. The standard InChI is InChI=1S/C16H20FNO4/c1-20-14-6-7-22-16(8-14)10-18(11-16)15(19)9-21-13-4-2-12(17)3-5-13/h2-5,14H,6-11H2,1H3. The van der Waals surface area contributed by atoms with Gasteiger partial charge in [-0.3, -0.25) is 4.79 Å². The minimum atomic E-state index is -0.328. The summed E-state index contributed by atoms with van der Waals surface area (Å²) in [5.41, 5.74) is -0.246. The first-order chi connectivity index (χ1) is 10.6. The highest BCUT2D eigenvalue weighted by atomic mass is 19.1. The molecule has 1 spiro atoms. The second kappa shape index (κ2) is 6.22. The van der Waals surface area contributed by atoms with Crippen molar-refractivity contribution in [3.63, 3.8) is 0 Å². The molecule has 1 unspecified atom stereocenters. The third-order valence-electron chi connectivity index (χ3n) is 4.27. The summed E-state index contributed by atoms with van der Waals surface area (Å²) in [6.45, 7) is 1.79. The van der Waals surface area contributed by atoms with E-state index in [1.165, 1.54) is 24.3 Å². The Morgan fingerprint density at radius 1 is 1.41 bits per heavy atom. The molecule has 1 aromatic rings. The molecule has 0 saturated carbocycles. The van der Waals surface area contributed by atoms with Gasteiger partial charge in [0.05, 0.1) is 19.2 Å². The smallest absolute Gasteiger partial charge is 0.260 e. The first-order valence-electron chi connectivity index (χ1n) is 7.43. The first kappa shape index (κ1) is 15.2. The van der Waals surface area contributed by atoms with Crippen molar-refractivity contribution in [3.05, 3.63) is 30.1 Å². The fourth-order valence-corrected chi connectivity index (χ4v) is 3.00. The second-order valence-corrected chi connectivity index (χ2v) is 5.87. The number of methoxy groups -OCH3 is 1. The summed E-state index contributed by atoms with van der Waals surface area (Å²) in [5.74, 6) is 0.0712. The summed E-state index contributed by atoms with van der Waals surface area (Å²) < 4.78 is 29.4. The lowest BCUT2D eigenvalue weighted by atomic mass is 9.84. The van der Waals surface area contributed by atoms with Crippen LogP contribution in [0.25, 0.3) is 0 Å². The first-order valence-corrected chi connectivity index (χ1v) is 7.43. The van der Waals surface area contributed by atoms with Crippen molar-refractivity contribution in [1.82, 2.24) is 4.90 Å². The van der Waals surface area contributed by atoms with Gasteiger partial charge in [0.25, 0.3) is 5.91 Å². The number of hydrogen-bond acceptors (Lipinski definition) is 4. The average Bonchev–Trinajstić information content (AvgIpc) is 2.51. The van der Waals surface area contributed by atoms with E-state index in [1.807, 2.05) is 0 Å². The Kier molecular flexibility index (Phi) is 4.31. The molecule has 0 radical (unpaired) electrons. The van der Waals surface area contributed by atoms with Crippen molar-refractivity contribution in [2.24, 2.45) is 0 Å². The average molecular weight is 309 g/mol. The van der Waals surface area contributed by atoms with Crippen LogP contribution in [0.1, 0.15) is 12.8 Å². The molecular formula is C16H20FNO4. The predicted octanol–water partition coefficient (Wildman–Crippen LogP) is 1.61. The van der Waals surface area contributed by atoms with Gasteiger partial charge < -0.3 is 19.1 Å². The van der Waals surface area contributed by atoms with Crippen LogP contribution < -0.4 is 4.74 Å². The molecule has 22 heavy (non-hydrogen) atoms. The third-order valence-corrected chi connectivity index (χ3v) is 4.27. The van der Waals surface area contributed by atoms with E-state index in [1.54, 1.807) is 12.0 Å². The molecule has 120 valence electrons. The van der Waals surface area contributed by atoms with Gasteiger partial charge in [-0.1, -0.05) is 0 Å². The normalized spacial score (nSPS) is 23.2. The molecule has 0 bridgehead atoms. The summed E-state index contributed by atoms with van der Waals surface area (Å²) in [7, 11) is 1.71. The fourth-order valence-electron chi connectivity index (χ4n) is 3.00. The van der Waals surface area contributed by atoms with Gasteiger partial charge in [0, 0.05) is 20.1 Å². The summed E-state index contributed by atoms with van der Waals surface area (Å²) >= 11 is 0. The molecule has 3 rings (SSSR count). The van der Waals surface area contributed by atoms with E-state index >= 15 is 0 Å². The van der Waals surface area contributed by atoms with Gasteiger partial charge in [-0.25, -0.2) is 4.39 Å². The van der Waals surface area contributed by atoms with E-state index < -0.39 is 0 Å². The minimum Gasteiger partial charge on any atom is -0.484 e. The molecule has 2 aliphatic rings. The van der Waals surface area contributed by atoms with Crippen LogP contribution in [0.3, 0.4) is 0 Å². The number of carbonyl (C=O) groups is 1. The van der Waals surface area contributed by atoms with Crippen LogP contribution in [-0.2, 0) is 14.3 Å². The van der Waals surface area contributed by atoms with Crippen molar-refractivity contribution < 1.29 is 23.4 Å². The highest BCUT2D eigenvalue weighted by Gasteiger charge is 2.49. The highest BCUT2D eigenvalue weighted by Crippen LogP contribution is 2.35. The molecule has 0 aliphatic carbocycles. The number of nitrogens with zero attached hydrogens (tertiary/aromatic N) is 1. The van der Waals surface area contributed by atoms with Crippen LogP contribution in [0, 0.1) is 5.82 Å². The second-order valence-electron chi connectivity index (χ2n) is 5.87. The van der Waals surface area contributed by atoms with Gasteiger partial charge in [0.2, 0.25) is 0 Å². The Labute approximate surface area is 128 Å². The number of carbonyl (C=O) groups excluding carboxylic acids is 1. The van der Waals surface area contributed by atoms with Crippen LogP contribution in [0.5, 0.6) is 5.75 Å². The maximum Gasteiger partial charge on any atom is 0.260 e. The van der Waals surface area contributed by atoms with Crippen molar-refractivity contribution in [3.8, 4) is 5.75 Å². The van der Waals surface area contributed by atoms with Gasteiger partial charge in [-0.2, -0.15) is 0 Å². The quantitative estimate of drug-likeness (QED) is 0.848. The number of likely N-dealkylation sites (tertiary alicyclic amines) is 1. The Morgan fingerprint density at radius 2 is 2.14 bits per heavy atom. The van der Waals surface area contributed by atoms with Crippen LogP contribution in [-0.4, -0.2) is 55.9 Å². The molecule has 0 N–H and O–H groups in total. The van der Waals surface area contributed by atoms with E-state index in [4.69, 9.17) is 14.2 Å². The van der Waals surface area contributed by atoms with E-state index in [2.05, 4.69) is 0 Å². The molecule has 1 amide bonds. The third kappa shape index (κ3) is 3.23.